The summed E-state index contributed by atoms with van der Waals surface area (Å²) < 4.78 is 48.4. The van der Waals surface area contributed by atoms with Crippen molar-refractivity contribution in [2.24, 2.45) is 5.41 Å². The van der Waals surface area contributed by atoms with E-state index in [1.54, 1.807) is 6.07 Å². The zero-order chi connectivity index (χ0) is 47.9. The predicted molar refractivity (Wildman–Crippen MR) is 270 cm³/mol. The fraction of sp³-hybridized carbons (Fsp3) is 0.200. The number of allylic oxidation sites excluding steroid dienone is 2. The molecule has 0 saturated heterocycles. The average Bonchev–Trinajstić information content (AvgIpc) is 3.92. The van der Waals surface area contributed by atoms with Gasteiger partial charge < -0.3 is 14.3 Å². The molecule has 0 N–H and O–H groups in total. The van der Waals surface area contributed by atoms with Crippen LogP contribution in [-0.4, -0.2) is 21.5 Å². The van der Waals surface area contributed by atoms with Gasteiger partial charge in [-0.1, -0.05) is 162 Å². The Labute approximate surface area is 415 Å². The number of imidazole rings is 1. The molecular formula is C60H51F3IrN3O2. The topological polar surface area (TPSA) is 62.1 Å². The van der Waals surface area contributed by atoms with E-state index >= 15 is 0 Å². The Bertz CT molecular complexity index is 3330. The van der Waals surface area contributed by atoms with Crippen molar-refractivity contribution in [2.75, 3.05) is 0 Å². The molecule has 7 aromatic carbocycles. The second-order valence-electron chi connectivity index (χ2n) is 18.9. The van der Waals surface area contributed by atoms with Crippen molar-refractivity contribution >= 4 is 38.8 Å². The maximum atomic E-state index is 13.3. The zero-order valence-corrected chi connectivity index (χ0v) is 41.8. The molecule has 0 aliphatic carbocycles. The molecule has 2 aromatic heterocycles. The number of fused-ring (bicyclic) bond motifs is 4. The minimum absolute atomic E-state index is 0. The van der Waals surface area contributed by atoms with Crippen LogP contribution in [0.3, 0.4) is 0 Å². The van der Waals surface area contributed by atoms with Crippen molar-refractivity contribution < 1.29 is 42.5 Å². The molecule has 0 amide bonds. The van der Waals surface area contributed by atoms with Gasteiger partial charge in [-0.3, -0.25) is 9.78 Å². The molecule has 0 spiro atoms. The molecule has 1 aliphatic rings. The van der Waals surface area contributed by atoms with E-state index in [9.17, 15) is 18.0 Å². The van der Waals surface area contributed by atoms with Gasteiger partial charge in [-0.15, -0.1) is 18.2 Å². The average molecular weight is 1100 g/mol. The Kier molecular flexibility index (Phi) is 13.9. The molecule has 0 saturated carbocycles. The first-order valence-electron chi connectivity index (χ1n) is 22.9. The number of hydrogen-bond acceptors (Lipinski definition) is 3. The number of halogens is 3. The van der Waals surface area contributed by atoms with E-state index in [4.69, 9.17) is 9.40 Å². The summed E-state index contributed by atoms with van der Waals surface area (Å²) in [7, 11) is 0. The van der Waals surface area contributed by atoms with Gasteiger partial charge in [-0.05, 0) is 81.0 Å². The zero-order valence-electron chi connectivity index (χ0n) is 39.4. The number of aromatic nitrogens is 2. The number of Topliss-reactive ketones (excluding diaryl/α,β-unsaturated/α-hetero) is 1. The van der Waals surface area contributed by atoms with Gasteiger partial charge in [0, 0.05) is 16.6 Å². The molecule has 0 fully saturated rings. The van der Waals surface area contributed by atoms with Gasteiger partial charge in [0.1, 0.15) is 5.58 Å². The van der Waals surface area contributed by atoms with Crippen LogP contribution in [0.5, 0.6) is 0 Å². The standard InChI is InChI=1S/C45H34F3N2O2.C15H17N.Ir/c1-26(2)36-23-32(30-19-17-29(18-20-30)28-11-6-5-7-12-28)24-37(27(3)4)41(36)50-39-16-9-8-15-38(39)49-44(50)35-14-10-13-34-33-22-21-31(43(51)45(46,47)48)25-40(33)52-42(34)35;1-15(2,3)13-9-10-14(16-11-13)12-7-5-4-6-8-12;/h5-13,15-27H,1-4H3;4-7,9-11,14H,1-3H3;/q-1;-2;+3. The number of nitrogens with zero attached hydrogens (tertiary/aromatic N) is 3. The van der Waals surface area contributed by atoms with E-state index in [1.165, 1.54) is 23.3 Å². The minimum Gasteiger partial charge on any atom is -0.683 e. The fourth-order valence-electron chi connectivity index (χ4n) is 8.77. The number of ketones is 1. The minimum atomic E-state index is -4.99. The second-order valence-corrected chi connectivity index (χ2v) is 18.9. The van der Waals surface area contributed by atoms with E-state index in [-0.39, 0.29) is 49.0 Å². The number of alkyl halides is 3. The van der Waals surface area contributed by atoms with Crippen molar-refractivity contribution in [3.63, 3.8) is 0 Å². The van der Waals surface area contributed by atoms with Crippen LogP contribution in [0, 0.1) is 17.5 Å². The monoisotopic (exact) mass is 1100 g/mol. The molecule has 9 heteroatoms. The summed E-state index contributed by atoms with van der Waals surface area (Å²) in [6, 6.07) is 53.7. The predicted octanol–water partition coefficient (Wildman–Crippen LogP) is 17.1. The Morgan fingerprint density at radius 2 is 1.35 bits per heavy atom. The number of benzene rings is 7. The van der Waals surface area contributed by atoms with Crippen LogP contribution in [0.1, 0.15) is 93.4 Å². The van der Waals surface area contributed by atoms with Crippen LogP contribution in [-0.2, 0) is 20.1 Å². The van der Waals surface area contributed by atoms with Gasteiger partial charge in [0.25, 0.3) is 5.78 Å². The normalized spacial score (nSPS) is 13.9. The van der Waals surface area contributed by atoms with Gasteiger partial charge >= 0.3 is 26.3 Å². The summed E-state index contributed by atoms with van der Waals surface area (Å²) in [4.78, 5) is 17.2. The van der Waals surface area contributed by atoms with E-state index in [1.807, 2.05) is 72.9 Å². The van der Waals surface area contributed by atoms with Crippen LogP contribution in [0.25, 0.3) is 77.6 Å². The Balaban J connectivity index is 0.000000320. The van der Waals surface area contributed by atoms with E-state index in [0.29, 0.717) is 27.7 Å². The molecule has 0 bridgehead atoms. The van der Waals surface area contributed by atoms with Gasteiger partial charge in [-0.25, -0.2) is 0 Å². The molecule has 5 nitrogen and oxygen atoms in total. The molecule has 9 aromatic rings. The quantitative estimate of drug-likeness (QED) is 0.113. The van der Waals surface area contributed by atoms with Crippen LogP contribution in [0.15, 0.2) is 174 Å². The van der Waals surface area contributed by atoms with Crippen molar-refractivity contribution in [3.05, 3.63) is 209 Å². The first-order valence-corrected chi connectivity index (χ1v) is 22.9. The number of para-hydroxylation sites is 2. The number of rotatable bonds is 8. The third-order valence-electron chi connectivity index (χ3n) is 12.4. The number of furan rings is 1. The van der Waals surface area contributed by atoms with Gasteiger partial charge in [0.2, 0.25) is 0 Å². The smallest absolute Gasteiger partial charge is 0.683 e. The molecule has 1 atom stereocenters. The molecule has 0 radical (unpaired) electrons. The fourth-order valence-corrected chi connectivity index (χ4v) is 8.77. The second kappa shape index (κ2) is 19.7. The van der Waals surface area contributed by atoms with E-state index in [2.05, 4.69) is 137 Å². The summed E-state index contributed by atoms with van der Waals surface area (Å²) in [5, 5.41) is 5.86. The largest absolute Gasteiger partial charge is 3.00 e. The Morgan fingerprint density at radius 1 is 0.710 bits per heavy atom. The Morgan fingerprint density at radius 3 is 1.96 bits per heavy atom. The summed E-state index contributed by atoms with van der Waals surface area (Å²) in [5.41, 5.74) is 12.8. The summed E-state index contributed by atoms with van der Waals surface area (Å²) >= 11 is 0. The number of carbonyl (C=O) groups excluding carboxylic acids is 1. The molecule has 1 unspecified atom stereocenters. The van der Waals surface area contributed by atoms with Crippen LogP contribution < -0.4 is 0 Å². The summed E-state index contributed by atoms with van der Waals surface area (Å²) in [5.74, 6) is -1.04. The van der Waals surface area contributed by atoms with E-state index in [0.717, 1.165) is 56.2 Å². The van der Waals surface area contributed by atoms with Gasteiger partial charge in [-0.2, -0.15) is 55.3 Å². The Hall–Kier alpha value is -6.80. The van der Waals surface area contributed by atoms with Gasteiger partial charge in [0.05, 0.1) is 22.4 Å². The SMILES string of the molecule is CC(C)(C)C1=C[N-]C(c2[c-]cccc2)C=C1.CC(C)c1cc(-c2ccc(-c3ccccc3)cc2)cc(C(C)C)c1-n1c(-c2[c-]ccc3c2oc2cc(C(=O)C(F)(F)F)ccc23)nc2ccccc21.[Ir+3]. The summed E-state index contributed by atoms with van der Waals surface area (Å²) in [6.07, 6.45) is 1.32. The van der Waals surface area contributed by atoms with Crippen LogP contribution >= 0.6 is 0 Å². The van der Waals surface area contributed by atoms with Crippen LogP contribution in [0.2, 0.25) is 0 Å². The molecule has 3 heterocycles. The maximum Gasteiger partial charge on any atom is 3.00 e. The molecular weight excluding hydrogens is 1040 g/mol. The third kappa shape index (κ3) is 9.90. The van der Waals surface area contributed by atoms with Gasteiger partial charge in [0.15, 0.2) is 0 Å². The van der Waals surface area contributed by atoms with Crippen molar-refractivity contribution in [2.45, 2.75) is 72.5 Å². The van der Waals surface area contributed by atoms with Crippen LogP contribution in [0.4, 0.5) is 13.2 Å². The third-order valence-corrected chi connectivity index (χ3v) is 12.4. The molecule has 69 heavy (non-hydrogen) atoms. The maximum absolute atomic E-state index is 13.3. The van der Waals surface area contributed by atoms with E-state index < -0.39 is 17.5 Å². The van der Waals surface area contributed by atoms with Crippen molar-refractivity contribution in [3.8, 4) is 39.3 Å². The summed E-state index contributed by atoms with van der Waals surface area (Å²) in [6.45, 7) is 15.4. The first-order chi connectivity index (χ1) is 32.6. The van der Waals surface area contributed by atoms with Crippen molar-refractivity contribution in [1.29, 1.82) is 0 Å². The first kappa shape index (κ1) is 48.6. The molecule has 10 rings (SSSR count). The number of hydrogen-bond donors (Lipinski definition) is 0. The molecule has 348 valence electrons. The van der Waals surface area contributed by atoms with Crippen molar-refractivity contribution in [1.82, 2.24) is 9.55 Å². The number of carbonyl (C=O) groups is 1. The molecule has 1 aliphatic heterocycles.